The second-order valence-electron chi connectivity index (χ2n) is 6.36. The molecular weight excluding hydrogens is 238 g/mol. The lowest BCUT2D eigenvalue weighted by Gasteiger charge is -2.30. The van der Waals surface area contributed by atoms with E-state index in [1.165, 1.54) is 5.56 Å². The van der Waals surface area contributed by atoms with Gasteiger partial charge in [-0.1, -0.05) is 45.0 Å². The van der Waals surface area contributed by atoms with Crippen molar-refractivity contribution in [3.05, 3.63) is 35.4 Å². The lowest BCUT2D eigenvalue weighted by atomic mass is 9.87. The summed E-state index contributed by atoms with van der Waals surface area (Å²) in [4.78, 5) is 12.1. The minimum atomic E-state index is -0.582. The molecule has 3 nitrogen and oxygen atoms in total. The standard InChI is InChI=1S/C16H23NO2/c1-16(2,3)14(17)15(18)19-13-10-6-8-11-7-4-5-9-12(11)13/h4-5,7,9,13-14H,6,8,10,17H2,1-3H3. The molecule has 0 saturated heterocycles. The average molecular weight is 261 g/mol. The quantitative estimate of drug-likeness (QED) is 0.833. The largest absolute Gasteiger partial charge is 0.456 e. The number of hydrogen-bond donors (Lipinski definition) is 1. The number of hydrogen-bond acceptors (Lipinski definition) is 3. The first-order valence-corrected chi connectivity index (χ1v) is 6.93. The highest BCUT2D eigenvalue weighted by Gasteiger charge is 2.32. The van der Waals surface area contributed by atoms with Gasteiger partial charge in [-0.3, -0.25) is 4.79 Å². The van der Waals surface area contributed by atoms with E-state index in [-0.39, 0.29) is 17.5 Å². The number of esters is 1. The van der Waals surface area contributed by atoms with Gasteiger partial charge in [-0.2, -0.15) is 0 Å². The number of aryl methyl sites for hydroxylation is 1. The summed E-state index contributed by atoms with van der Waals surface area (Å²) in [7, 11) is 0. The minimum Gasteiger partial charge on any atom is -0.456 e. The molecule has 0 radical (unpaired) electrons. The molecule has 1 aliphatic carbocycles. The molecule has 0 aromatic heterocycles. The smallest absolute Gasteiger partial charge is 0.324 e. The maximum absolute atomic E-state index is 12.1. The van der Waals surface area contributed by atoms with Crippen molar-refractivity contribution < 1.29 is 9.53 Å². The molecule has 0 aliphatic heterocycles. The summed E-state index contributed by atoms with van der Waals surface area (Å²) in [5.74, 6) is -0.297. The Bertz CT molecular complexity index is 462. The van der Waals surface area contributed by atoms with E-state index >= 15 is 0 Å². The Kier molecular flexibility index (Phi) is 3.95. The summed E-state index contributed by atoms with van der Waals surface area (Å²) in [6.45, 7) is 5.86. The fourth-order valence-corrected chi connectivity index (χ4v) is 2.40. The molecule has 2 N–H and O–H groups in total. The van der Waals surface area contributed by atoms with E-state index in [9.17, 15) is 4.79 Å². The molecule has 0 heterocycles. The van der Waals surface area contributed by atoms with Crippen molar-refractivity contribution in [2.75, 3.05) is 0 Å². The van der Waals surface area contributed by atoms with Gasteiger partial charge < -0.3 is 10.5 Å². The Morgan fingerprint density at radius 2 is 2.05 bits per heavy atom. The topological polar surface area (TPSA) is 52.3 Å². The van der Waals surface area contributed by atoms with Crippen LogP contribution in [0.1, 0.15) is 50.8 Å². The third-order valence-corrected chi connectivity index (χ3v) is 3.76. The summed E-state index contributed by atoms with van der Waals surface area (Å²) in [5, 5.41) is 0. The van der Waals surface area contributed by atoms with Crippen molar-refractivity contribution in [2.24, 2.45) is 11.1 Å². The molecule has 0 bridgehead atoms. The van der Waals surface area contributed by atoms with Crippen LogP contribution in [0.2, 0.25) is 0 Å². The summed E-state index contributed by atoms with van der Waals surface area (Å²) in [6.07, 6.45) is 2.88. The minimum absolute atomic E-state index is 0.133. The fourth-order valence-electron chi connectivity index (χ4n) is 2.40. The van der Waals surface area contributed by atoms with Crippen LogP contribution in [0.3, 0.4) is 0 Å². The van der Waals surface area contributed by atoms with Crippen molar-refractivity contribution in [1.29, 1.82) is 0 Å². The normalized spacial score (nSPS) is 20.5. The van der Waals surface area contributed by atoms with Crippen LogP contribution in [0.15, 0.2) is 24.3 Å². The van der Waals surface area contributed by atoms with Gasteiger partial charge in [0.15, 0.2) is 0 Å². The molecule has 0 saturated carbocycles. The van der Waals surface area contributed by atoms with Crippen molar-refractivity contribution in [3.63, 3.8) is 0 Å². The molecule has 1 aliphatic rings. The molecule has 2 unspecified atom stereocenters. The van der Waals surface area contributed by atoms with Gasteiger partial charge in [0.25, 0.3) is 0 Å². The first kappa shape index (κ1) is 14.1. The molecule has 2 rings (SSSR count). The van der Waals surface area contributed by atoms with E-state index in [1.807, 2.05) is 32.9 Å². The number of ether oxygens (including phenoxy) is 1. The monoisotopic (exact) mass is 261 g/mol. The van der Waals surface area contributed by atoms with Crippen LogP contribution in [-0.4, -0.2) is 12.0 Å². The predicted molar refractivity (Wildman–Crippen MR) is 75.6 cm³/mol. The van der Waals surface area contributed by atoms with Gasteiger partial charge in [0, 0.05) is 0 Å². The molecule has 104 valence electrons. The highest BCUT2D eigenvalue weighted by molar-refractivity contribution is 5.76. The van der Waals surface area contributed by atoms with Crippen molar-refractivity contribution in [3.8, 4) is 0 Å². The van der Waals surface area contributed by atoms with Gasteiger partial charge in [-0.05, 0) is 35.8 Å². The zero-order valence-electron chi connectivity index (χ0n) is 12.0. The number of carbonyl (C=O) groups excluding carboxylic acids is 1. The molecule has 0 amide bonds. The first-order chi connectivity index (χ1) is 8.89. The van der Waals surface area contributed by atoms with Crippen molar-refractivity contribution in [1.82, 2.24) is 0 Å². The second-order valence-corrected chi connectivity index (χ2v) is 6.36. The van der Waals surface area contributed by atoms with Crippen LogP contribution in [0.5, 0.6) is 0 Å². The third kappa shape index (κ3) is 3.16. The van der Waals surface area contributed by atoms with Crippen molar-refractivity contribution in [2.45, 2.75) is 52.2 Å². The summed E-state index contributed by atoms with van der Waals surface area (Å²) < 4.78 is 5.64. The Labute approximate surface area is 115 Å². The zero-order chi connectivity index (χ0) is 14.0. The molecule has 2 atom stereocenters. The summed E-state index contributed by atoms with van der Waals surface area (Å²) >= 11 is 0. The summed E-state index contributed by atoms with van der Waals surface area (Å²) in [6, 6.07) is 7.61. The van der Waals surface area contributed by atoms with Crippen LogP contribution < -0.4 is 5.73 Å². The Balaban J connectivity index is 2.11. The summed E-state index contributed by atoms with van der Waals surface area (Å²) in [5.41, 5.74) is 8.11. The number of rotatable bonds is 2. The van der Waals surface area contributed by atoms with Gasteiger partial charge in [-0.15, -0.1) is 0 Å². The van der Waals surface area contributed by atoms with E-state index in [4.69, 9.17) is 10.5 Å². The van der Waals surface area contributed by atoms with Crippen LogP contribution in [0, 0.1) is 5.41 Å². The lowest BCUT2D eigenvalue weighted by Crippen LogP contribution is -2.43. The van der Waals surface area contributed by atoms with E-state index < -0.39 is 6.04 Å². The van der Waals surface area contributed by atoms with E-state index in [1.54, 1.807) is 0 Å². The SMILES string of the molecule is CC(C)(C)C(N)C(=O)OC1CCCc2ccccc21. The molecular formula is C16H23NO2. The number of nitrogens with two attached hydrogens (primary N) is 1. The number of carbonyl (C=O) groups is 1. The van der Waals surface area contributed by atoms with Crippen LogP contribution in [0.4, 0.5) is 0 Å². The Morgan fingerprint density at radius 3 is 2.74 bits per heavy atom. The van der Waals surface area contributed by atoms with Gasteiger partial charge in [0.1, 0.15) is 12.1 Å². The van der Waals surface area contributed by atoms with Crippen LogP contribution in [0.25, 0.3) is 0 Å². The second kappa shape index (κ2) is 5.33. The molecule has 3 heteroatoms. The van der Waals surface area contributed by atoms with Gasteiger partial charge in [0.2, 0.25) is 0 Å². The van der Waals surface area contributed by atoms with E-state index in [0.717, 1.165) is 24.8 Å². The highest BCUT2D eigenvalue weighted by Crippen LogP contribution is 2.33. The Morgan fingerprint density at radius 1 is 1.37 bits per heavy atom. The lowest BCUT2D eigenvalue weighted by molar-refractivity contribution is -0.154. The van der Waals surface area contributed by atoms with Crippen LogP contribution in [-0.2, 0) is 16.0 Å². The predicted octanol–water partition coefficient (Wildman–Crippen LogP) is 2.98. The number of fused-ring (bicyclic) bond motifs is 1. The van der Waals surface area contributed by atoms with Gasteiger partial charge in [0.05, 0.1) is 0 Å². The van der Waals surface area contributed by atoms with E-state index in [2.05, 4.69) is 12.1 Å². The molecule has 1 aromatic carbocycles. The molecule has 0 fully saturated rings. The van der Waals surface area contributed by atoms with E-state index in [0.29, 0.717) is 0 Å². The maximum atomic E-state index is 12.1. The average Bonchev–Trinajstić information content (AvgIpc) is 2.37. The molecule has 1 aromatic rings. The first-order valence-electron chi connectivity index (χ1n) is 6.93. The fraction of sp³-hybridized carbons (Fsp3) is 0.562. The van der Waals surface area contributed by atoms with Gasteiger partial charge >= 0.3 is 5.97 Å². The molecule has 0 spiro atoms. The Hall–Kier alpha value is -1.35. The van der Waals surface area contributed by atoms with Gasteiger partial charge in [-0.25, -0.2) is 0 Å². The van der Waals surface area contributed by atoms with Crippen LogP contribution >= 0.6 is 0 Å². The highest BCUT2D eigenvalue weighted by atomic mass is 16.5. The maximum Gasteiger partial charge on any atom is 0.324 e. The molecule has 19 heavy (non-hydrogen) atoms. The number of benzene rings is 1. The van der Waals surface area contributed by atoms with Crippen molar-refractivity contribution >= 4 is 5.97 Å². The third-order valence-electron chi connectivity index (χ3n) is 3.76. The zero-order valence-corrected chi connectivity index (χ0v) is 12.0.